The summed E-state index contributed by atoms with van der Waals surface area (Å²) in [4.78, 5) is 13.1. The largest absolute Gasteiger partial charge is 0.302 e. The highest BCUT2D eigenvalue weighted by molar-refractivity contribution is 5.86. The molecule has 1 N–H and O–H groups in total. The van der Waals surface area contributed by atoms with E-state index in [2.05, 4.69) is 67.7 Å². The molecule has 0 aromatic heterocycles. The van der Waals surface area contributed by atoms with Gasteiger partial charge in [0.2, 0.25) is 0 Å². The normalized spacial score (nSPS) is 27.8. The molecule has 1 heterocycles. The summed E-state index contributed by atoms with van der Waals surface area (Å²) < 4.78 is 0. The topological polar surface area (TPSA) is 29.1 Å². The Bertz CT molecular complexity index is 582. The summed E-state index contributed by atoms with van der Waals surface area (Å²) >= 11 is 0. The van der Waals surface area contributed by atoms with Crippen LogP contribution in [0.4, 0.5) is 0 Å². The molecule has 2 heteroatoms. The maximum absolute atomic E-state index is 13.1. The van der Waals surface area contributed by atoms with Crippen LogP contribution in [-0.4, -0.2) is 5.78 Å². The molecule has 0 radical (unpaired) electrons. The predicted molar refractivity (Wildman–Crippen MR) is 94.1 cm³/mol. The summed E-state index contributed by atoms with van der Waals surface area (Å²) in [5.74, 6) is 0.529. The van der Waals surface area contributed by atoms with E-state index >= 15 is 0 Å². The number of nitrogens with one attached hydrogen (secondary N) is 1. The van der Waals surface area contributed by atoms with Gasteiger partial charge in [0.05, 0.1) is 0 Å². The standard InChI is InChI=1S/C21H25NO/c1-3-17-19(15-11-7-5-8-12-15)22-20(18(4-2)21(17)23)16-13-9-6-10-14-16/h5-14,17-20,22H,3-4H2,1-2H3/t17-,18-,19-,20+/m1/s1. The Morgan fingerprint density at radius 2 is 1.13 bits per heavy atom. The quantitative estimate of drug-likeness (QED) is 0.887. The van der Waals surface area contributed by atoms with Crippen LogP contribution >= 0.6 is 0 Å². The molecule has 0 saturated carbocycles. The highest BCUT2D eigenvalue weighted by atomic mass is 16.1. The molecule has 3 rings (SSSR count). The summed E-state index contributed by atoms with van der Waals surface area (Å²) in [6, 6.07) is 21.0. The summed E-state index contributed by atoms with van der Waals surface area (Å²) in [7, 11) is 0. The average molecular weight is 307 g/mol. The third-order valence-corrected chi connectivity index (χ3v) is 5.09. The van der Waals surface area contributed by atoms with Gasteiger partial charge in [-0.1, -0.05) is 74.5 Å². The minimum atomic E-state index is 0.0577. The molecule has 1 saturated heterocycles. The van der Waals surface area contributed by atoms with Gasteiger partial charge in [-0.2, -0.15) is 0 Å². The molecule has 0 aliphatic carbocycles. The molecule has 0 bridgehead atoms. The van der Waals surface area contributed by atoms with Crippen LogP contribution in [0.2, 0.25) is 0 Å². The maximum atomic E-state index is 13.1. The minimum Gasteiger partial charge on any atom is -0.302 e. The summed E-state index contributed by atoms with van der Waals surface area (Å²) in [5, 5.41) is 3.80. The first-order valence-corrected chi connectivity index (χ1v) is 8.65. The second-order valence-corrected chi connectivity index (χ2v) is 6.38. The van der Waals surface area contributed by atoms with Crippen molar-refractivity contribution < 1.29 is 4.79 Å². The number of benzene rings is 2. The second kappa shape index (κ2) is 7.10. The number of Topliss-reactive ketones (excluding diaryl/α,β-unsaturated/α-hetero) is 1. The molecule has 1 fully saturated rings. The first-order chi connectivity index (χ1) is 11.3. The highest BCUT2D eigenvalue weighted by Crippen LogP contribution is 2.40. The Hall–Kier alpha value is -1.93. The lowest BCUT2D eigenvalue weighted by molar-refractivity contribution is -0.132. The predicted octanol–water partition coefficient (Wildman–Crippen LogP) is 4.69. The van der Waals surface area contributed by atoms with E-state index in [0.717, 1.165) is 12.8 Å². The van der Waals surface area contributed by atoms with Crippen LogP contribution in [0.1, 0.15) is 49.9 Å². The maximum Gasteiger partial charge on any atom is 0.142 e. The Labute approximate surface area is 138 Å². The number of hydrogen-bond acceptors (Lipinski definition) is 2. The fraction of sp³-hybridized carbons (Fsp3) is 0.381. The first-order valence-electron chi connectivity index (χ1n) is 8.65. The Morgan fingerprint density at radius 1 is 0.739 bits per heavy atom. The number of piperidine rings is 1. The van der Waals surface area contributed by atoms with E-state index in [1.165, 1.54) is 11.1 Å². The lowest BCUT2D eigenvalue weighted by Gasteiger charge is -2.41. The zero-order valence-electron chi connectivity index (χ0n) is 13.9. The van der Waals surface area contributed by atoms with Crippen molar-refractivity contribution in [1.29, 1.82) is 0 Å². The fourth-order valence-electron chi connectivity index (χ4n) is 3.88. The van der Waals surface area contributed by atoms with Crippen LogP contribution in [0.15, 0.2) is 60.7 Å². The third kappa shape index (κ3) is 3.09. The van der Waals surface area contributed by atoms with E-state index in [1.807, 2.05) is 12.1 Å². The van der Waals surface area contributed by atoms with Gasteiger partial charge >= 0.3 is 0 Å². The fourth-order valence-corrected chi connectivity index (χ4v) is 3.88. The van der Waals surface area contributed by atoms with Crippen LogP contribution in [0.5, 0.6) is 0 Å². The Kier molecular flexibility index (Phi) is 4.92. The third-order valence-electron chi connectivity index (χ3n) is 5.09. The monoisotopic (exact) mass is 307 g/mol. The molecule has 0 spiro atoms. The molecular weight excluding hydrogens is 282 g/mol. The Balaban J connectivity index is 1.99. The summed E-state index contributed by atoms with van der Waals surface area (Å²) in [6.45, 7) is 4.24. The number of hydrogen-bond donors (Lipinski definition) is 1. The average Bonchev–Trinajstić information content (AvgIpc) is 2.62. The van der Waals surface area contributed by atoms with Crippen molar-refractivity contribution in [3.8, 4) is 0 Å². The number of carbonyl (C=O) groups is 1. The highest BCUT2D eigenvalue weighted by Gasteiger charge is 2.42. The Morgan fingerprint density at radius 3 is 1.48 bits per heavy atom. The van der Waals surface area contributed by atoms with Crippen LogP contribution in [0.25, 0.3) is 0 Å². The van der Waals surface area contributed by atoms with E-state index in [9.17, 15) is 4.79 Å². The van der Waals surface area contributed by atoms with Gasteiger partial charge < -0.3 is 5.32 Å². The zero-order chi connectivity index (χ0) is 16.2. The smallest absolute Gasteiger partial charge is 0.142 e. The molecule has 23 heavy (non-hydrogen) atoms. The van der Waals surface area contributed by atoms with Gasteiger partial charge in [0.1, 0.15) is 5.78 Å². The van der Waals surface area contributed by atoms with Crippen LogP contribution in [0, 0.1) is 11.8 Å². The molecule has 0 unspecified atom stereocenters. The molecule has 2 aromatic carbocycles. The van der Waals surface area contributed by atoms with E-state index in [-0.39, 0.29) is 23.9 Å². The van der Waals surface area contributed by atoms with Crippen molar-refractivity contribution in [1.82, 2.24) is 5.32 Å². The van der Waals surface area contributed by atoms with Crippen LogP contribution in [-0.2, 0) is 4.79 Å². The van der Waals surface area contributed by atoms with Gasteiger partial charge in [-0.05, 0) is 24.0 Å². The second-order valence-electron chi connectivity index (χ2n) is 6.38. The SMILES string of the molecule is CC[C@H]1C(=O)[C@H](CC)[C@H](c2ccccc2)N[C@@H]1c1ccccc1. The van der Waals surface area contributed by atoms with Crippen molar-refractivity contribution in [2.75, 3.05) is 0 Å². The molecule has 0 amide bonds. The van der Waals surface area contributed by atoms with Crippen molar-refractivity contribution in [2.45, 2.75) is 38.8 Å². The zero-order valence-corrected chi connectivity index (χ0v) is 13.9. The lowest BCUT2D eigenvalue weighted by Crippen LogP contribution is -2.48. The minimum absolute atomic E-state index is 0.0577. The van der Waals surface area contributed by atoms with Gasteiger partial charge in [-0.25, -0.2) is 0 Å². The summed E-state index contributed by atoms with van der Waals surface area (Å²) in [5.41, 5.74) is 2.42. The van der Waals surface area contributed by atoms with E-state index < -0.39 is 0 Å². The molecule has 2 nitrogen and oxygen atoms in total. The van der Waals surface area contributed by atoms with Gasteiger partial charge in [0.25, 0.3) is 0 Å². The van der Waals surface area contributed by atoms with Gasteiger partial charge in [0.15, 0.2) is 0 Å². The van der Waals surface area contributed by atoms with E-state index in [0.29, 0.717) is 5.78 Å². The molecule has 1 aliphatic heterocycles. The molecule has 120 valence electrons. The van der Waals surface area contributed by atoms with Gasteiger partial charge in [0, 0.05) is 23.9 Å². The molecule has 4 atom stereocenters. The van der Waals surface area contributed by atoms with Crippen LogP contribution < -0.4 is 5.32 Å². The molecule has 2 aromatic rings. The van der Waals surface area contributed by atoms with Crippen molar-refractivity contribution in [3.05, 3.63) is 71.8 Å². The van der Waals surface area contributed by atoms with E-state index in [4.69, 9.17) is 0 Å². The molecular formula is C21H25NO. The number of ketones is 1. The number of carbonyl (C=O) groups excluding carboxylic acids is 1. The van der Waals surface area contributed by atoms with Crippen molar-refractivity contribution in [3.63, 3.8) is 0 Å². The van der Waals surface area contributed by atoms with E-state index in [1.54, 1.807) is 0 Å². The summed E-state index contributed by atoms with van der Waals surface area (Å²) in [6.07, 6.45) is 1.76. The van der Waals surface area contributed by atoms with Crippen LogP contribution in [0.3, 0.4) is 0 Å². The van der Waals surface area contributed by atoms with Crippen molar-refractivity contribution in [2.24, 2.45) is 11.8 Å². The molecule has 1 aliphatic rings. The van der Waals surface area contributed by atoms with Gasteiger partial charge in [-0.3, -0.25) is 4.79 Å². The van der Waals surface area contributed by atoms with Gasteiger partial charge in [-0.15, -0.1) is 0 Å². The lowest BCUT2D eigenvalue weighted by atomic mass is 9.73. The first kappa shape index (κ1) is 15.9. The number of rotatable bonds is 4. The van der Waals surface area contributed by atoms with Crippen molar-refractivity contribution >= 4 is 5.78 Å².